The highest BCUT2D eigenvalue weighted by Crippen LogP contribution is 2.15. The van der Waals surface area contributed by atoms with Crippen molar-refractivity contribution in [2.45, 2.75) is 19.8 Å². The van der Waals surface area contributed by atoms with Crippen LogP contribution in [0.5, 0.6) is 0 Å². The van der Waals surface area contributed by atoms with Crippen molar-refractivity contribution in [2.24, 2.45) is 0 Å². The summed E-state index contributed by atoms with van der Waals surface area (Å²) in [4.78, 5) is 8.97. The largest absolute Gasteiger partial charge is 0.353 e. The Bertz CT molecular complexity index is 686. The molecule has 0 bridgehead atoms. The minimum atomic E-state index is 0.417. The molecule has 0 spiro atoms. The smallest absolute Gasteiger partial charge is 0.301 e. The van der Waals surface area contributed by atoms with Crippen molar-refractivity contribution in [1.29, 1.82) is 0 Å². The van der Waals surface area contributed by atoms with Gasteiger partial charge in [-0.2, -0.15) is 5.10 Å². The van der Waals surface area contributed by atoms with Crippen LogP contribution in [0.4, 0.5) is 5.95 Å². The first-order chi connectivity index (χ1) is 8.29. The quantitative estimate of drug-likeness (QED) is 0.648. The maximum Gasteiger partial charge on any atom is 0.301 e. The molecule has 5 nitrogen and oxygen atoms in total. The molecule has 0 aliphatic rings. The lowest BCUT2D eigenvalue weighted by molar-refractivity contribution is -0.587. The van der Waals surface area contributed by atoms with Crippen molar-refractivity contribution in [3.63, 3.8) is 0 Å². The van der Waals surface area contributed by atoms with Gasteiger partial charge in [0.15, 0.2) is 5.52 Å². The van der Waals surface area contributed by atoms with Crippen LogP contribution in [0.25, 0.3) is 16.6 Å². The van der Waals surface area contributed by atoms with Gasteiger partial charge in [-0.3, -0.25) is 0 Å². The molecule has 0 aliphatic carbocycles. The Balaban J connectivity index is 2.45. The molecular weight excluding hydrogens is 214 g/mol. The Morgan fingerprint density at radius 2 is 2.12 bits per heavy atom. The van der Waals surface area contributed by atoms with Gasteiger partial charge in [-0.05, 0) is 18.6 Å². The molecule has 0 fully saturated rings. The number of fused-ring (bicyclic) bond motifs is 3. The molecule has 1 aromatic carbocycles. The van der Waals surface area contributed by atoms with Crippen LogP contribution in [0.15, 0.2) is 24.3 Å². The molecule has 3 rings (SSSR count). The summed E-state index contributed by atoms with van der Waals surface area (Å²) in [6, 6.07) is 7.97. The maximum atomic E-state index is 5.73. The second kappa shape index (κ2) is 3.69. The fourth-order valence-electron chi connectivity index (χ4n) is 2.06. The van der Waals surface area contributed by atoms with E-state index in [9.17, 15) is 0 Å². The van der Waals surface area contributed by atoms with E-state index in [1.807, 2.05) is 28.8 Å². The molecular formula is C12H14N5+. The molecule has 2 heterocycles. The van der Waals surface area contributed by atoms with Gasteiger partial charge in [0.05, 0.1) is 5.39 Å². The Morgan fingerprint density at radius 1 is 1.29 bits per heavy atom. The van der Waals surface area contributed by atoms with E-state index < -0.39 is 0 Å². The van der Waals surface area contributed by atoms with Crippen LogP contribution < -0.4 is 10.2 Å². The van der Waals surface area contributed by atoms with Crippen molar-refractivity contribution in [1.82, 2.24) is 15.1 Å². The predicted molar refractivity (Wildman–Crippen MR) is 65.5 cm³/mol. The van der Waals surface area contributed by atoms with Crippen molar-refractivity contribution in [3.8, 4) is 0 Å². The zero-order valence-corrected chi connectivity index (χ0v) is 9.64. The molecule has 86 valence electrons. The van der Waals surface area contributed by atoms with Crippen LogP contribution in [0.1, 0.15) is 19.2 Å². The molecule has 0 atom stereocenters. The van der Waals surface area contributed by atoms with Crippen molar-refractivity contribution in [2.75, 3.05) is 5.73 Å². The van der Waals surface area contributed by atoms with E-state index >= 15 is 0 Å². The van der Waals surface area contributed by atoms with Crippen LogP contribution in [0.3, 0.4) is 0 Å². The summed E-state index contributed by atoms with van der Waals surface area (Å²) >= 11 is 0. The van der Waals surface area contributed by atoms with Crippen molar-refractivity contribution >= 4 is 22.5 Å². The summed E-state index contributed by atoms with van der Waals surface area (Å²) in [5, 5.41) is 4.04. The summed E-state index contributed by atoms with van der Waals surface area (Å²) < 4.78 is 1.88. The predicted octanol–water partition coefficient (Wildman–Crippen LogP) is 1.23. The number of rotatable bonds is 2. The van der Waals surface area contributed by atoms with E-state index in [0.29, 0.717) is 5.95 Å². The van der Waals surface area contributed by atoms with Crippen molar-refractivity contribution < 1.29 is 4.52 Å². The number of aromatic nitrogens is 4. The molecule has 0 unspecified atom stereocenters. The highest BCUT2D eigenvalue weighted by atomic mass is 15.3. The Morgan fingerprint density at radius 3 is 2.94 bits per heavy atom. The third kappa shape index (κ3) is 1.51. The minimum Gasteiger partial charge on any atom is -0.353 e. The summed E-state index contributed by atoms with van der Waals surface area (Å²) in [5.74, 6) is 1.38. The highest BCUT2D eigenvalue weighted by molar-refractivity contribution is 5.89. The first-order valence-corrected chi connectivity index (χ1v) is 5.74. The van der Waals surface area contributed by atoms with Crippen LogP contribution in [-0.2, 0) is 6.42 Å². The number of nitrogens with one attached hydrogen (secondary N) is 1. The van der Waals surface area contributed by atoms with Crippen LogP contribution in [0, 0.1) is 0 Å². The van der Waals surface area contributed by atoms with Gasteiger partial charge in [0.2, 0.25) is 0 Å². The fourth-order valence-corrected chi connectivity index (χ4v) is 2.06. The number of benzene rings is 1. The molecule has 0 saturated heterocycles. The van der Waals surface area contributed by atoms with Gasteiger partial charge in [-0.25, -0.2) is 0 Å². The second-order valence-electron chi connectivity index (χ2n) is 4.06. The second-order valence-corrected chi connectivity index (χ2v) is 4.06. The van der Waals surface area contributed by atoms with Crippen LogP contribution >= 0.6 is 0 Å². The zero-order valence-electron chi connectivity index (χ0n) is 9.64. The maximum absolute atomic E-state index is 5.73. The van der Waals surface area contributed by atoms with E-state index in [-0.39, 0.29) is 0 Å². The summed E-state index contributed by atoms with van der Waals surface area (Å²) in [6.07, 6.45) is 1.93. The number of aromatic amines is 1. The summed E-state index contributed by atoms with van der Waals surface area (Å²) in [6.45, 7) is 2.13. The van der Waals surface area contributed by atoms with E-state index in [4.69, 9.17) is 5.73 Å². The Hall–Kier alpha value is -2.17. The van der Waals surface area contributed by atoms with Gasteiger partial charge < -0.3 is 5.73 Å². The standard InChI is InChI=1S/C12H13N5/c1-2-5-10-14-9-7-4-3-6-8(9)11-15-12(13)16-17(10)11/h3-4,6-7H,2,5H2,1H3,(H2,13,16)/p+1. The first kappa shape index (κ1) is 10.0. The molecule has 0 saturated carbocycles. The third-order valence-electron chi connectivity index (χ3n) is 2.79. The molecule has 3 N–H and O–H groups in total. The normalized spacial score (nSPS) is 11.4. The third-order valence-corrected chi connectivity index (χ3v) is 2.79. The fraction of sp³-hybridized carbons (Fsp3) is 0.250. The van der Waals surface area contributed by atoms with Gasteiger partial charge in [0.25, 0.3) is 11.5 Å². The summed E-state index contributed by atoms with van der Waals surface area (Å²) in [5.41, 5.74) is 7.54. The number of nitrogens with two attached hydrogens (primary N) is 1. The average Bonchev–Trinajstić information content (AvgIpc) is 2.72. The number of anilines is 1. The van der Waals surface area contributed by atoms with Gasteiger partial charge in [-0.1, -0.05) is 24.0 Å². The lowest BCUT2D eigenvalue weighted by Gasteiger charge is -1.97. The summed E-state index contributed by atoms with van der Waals surface area (Å²) in [7, 11) is 0. The monoisotopic (exact) mass is 228 g/mol. The first-order valence-electron chi connectivity index (χ1n) is 5.74. The van der Waals surface area contributed by atoms with Gasteiger partial charge in [-0.15, -0.1) is 9.50 Å². The van der Waals surface area contributed by atoms with Gasteiger partial charge in [0.1, 0.15) is 0 Å². The molecule has 3 aromatic rings. The number of nitrogen functional groups attached to an aromatic ring is 1. The molecule has 0 radical (unpaired) electrons. The van der Waals surface area contributed by atoms with Gasteiger partial charge in [0, 0.05) is 6.42 Å². The van der Waals surface area contributed by atoms with Gasteiger partial charge >= 0.3 is 5.95 Å². The molecule has 2 aromatic heterocycles. The topological polar surface area (TPSA) is 71.7 Å². The Labute approximate surface area is 98.3 Å². The number of hydrogen-bond acceptors (Lipinski definition) is 3. The number of hydrogen-bond donors (Lipinski definition) is 2. The van der Waals surface area contributed by atoms with Crippen LogP contribution in [0.2, 0.25) is 0 Å². The average molecular weight is 228 g/mol. The number of aryl methyl sites for hydroxylation is 1. The highest BCUT2D eigenvalue weighted by Gasteiger charge is 2.18. The molecule has 0 amide bonds. The van der Waals surface area contributed by atoms with E-state index in [0.717, 1.165) is 35.2 Å². The van der Waals surface area contributed by atoms with E-state index in [1.165, 1.54) is 0 Å². The number of H-pyrrole nitrogens is 1. The SMILES string of the molecule is CCCc1nc2ccccc2c2nc(N)[nH][n+]12. The Kier molecular flexibility index (Phi) is 2.18. The minimum absolute atomic E-state index is 0.417. The lowest BCUT2D eigenvalue weighted by Crippen LogP contribution is -2.31. The van der Waals surface area contributed by atoms with Crippen molar-refractivity contribution in [3.05, 3.63) is 30.1 Å². The molecule has 17 heavy (non-hydrogen) atoms. The molecule has 0 aliphatic heterocycles. The lowest BCUT2D eigenvalue weighted by atomic mass is 10.2. The van der Waals surface area contributed by atoms with Crippen LogP contribution in [-0.4, -0.2) is 15.1 Å². The van der Waals surface area contributed by atoms with E-state index in [1.54, 1.807) is 0 Å². The van der Waals surface area contributed by atoms with E-state index in [2.05, 4.69) is 22.0 Å². The number of para-hydroxylation sites is 1. The molecule has 5 heteroatoms. The zero-order chi connectivity index (χ0) is 11.8. The number of nitrogens with zero attached hydrogens (tertiary/aromatic N) is 3.